The molecule has 0 unspecified atom stereocenters. The van der Waals surface area contributed by atoms with Crippen molar-refractivity contribution in [2.45, 2.75) is 6.54 Å². The number of anilines is 2. The van der Waals surface area contributed by atoms with Gasteiger partial charge in [0.15, 0.2) is 0 Å². The SMILES string of the molecule is Nc1ccc(NCc2cccc(F)c2)cc1C(=O)O. The Hall–Kier alpha value is -2.56. The molecule has 5 heteroatoms. The monoisotopic (exact) mass is 260 g/mol. The van der Waals surface area contributed by atoms with E-state index in [9.17, 15) is 9.18 Å². The van der Waals surface area contributed by atoms with E-state index >= 15 is 0 Å². The highest BCUT2D eigenvalue weighted by Gasteiger charge is 2.08. The first kappa shape index (κ1) is 12.9. The van der Waals surface area contributed by atoms with E-state index in [1.54, 1.807) is 18.2 Å². The summed E-state index contributed by atoms with van der Waals surface area (Å²) in [4.78, 5) is 10.9. The average molecular weight is 260 g/mol. The summed E-state index contributed by atoms with van der Waals surface area (Å²) in [7, 11) is 0. The highest BCUT2D eigenvalue weighted by Crippen LogP contribution is 2.18. The second kappa shape index (κ2) is 5.39. The molecular formula is C14H13FN2O2. The minimum atomic E-state index is -1.08. The Morgan fingerprint density at radius 2 is 2.05 bits per heavy atom. The summed E-state index contributed by atoms with van der Waals surface area (Å²) < 4.78 is 13.0. The molecule has 0 heterocycles. The van der Waals surface area contributed by atoms with Crippen molar-refractivity contribution in [2.75, 3.05) is 11.1 Å². The summed E-state index contributed by atoms with van der Waals surface area (Å²) in [5.74, 6) is -1.38. The number of hydrogen-bond acceptors (Lipinski definition) is 3. The first-order valence-corrected chi connectivity index (χ1v) is 5.67. The van der Waals surface area contributed by atoms with Gasteiger partial charge in [0.05, 0.1) is 5.56 Å². The molecule has 0 fully saturated rings. The molecule has 2 rings (SSSR count). The van der Waals surface area contributed by atoms with E-state index < -0.39 is 5.97 Å². The largest absolute Gasteiger partial charge is 0.478 e. The number of carboxylic acid groups (broad SMARTS) is 1. The number of rotatable bonds is 4. The molecule has 0 radical (unpaired) electrons. The lowest BCUT2D eigenvalue weighted by atomic mass is 10.1. The number of nitrogen functional groups attached to an aromatic ring is 1. The van der Waals surface area contributed by atoms with Crippen LogP contribution < -0.4 is 11.1 Å². The van der Waals surface area contributed by atoms with Crippen molar-refractivity contribution in [3.63, 3.8) is 0 Å². The van der Waals surface area contributed by atoms with Crippen LogP contribution in [-0.4, -0.2) is 11.1 Å². The minimum absolute atomic E-state index is 0.0456. The quantitative estimate of drug-likeness (QED) is 0.739. The number of carboxylic acids is 1. The van der Waals surface area contributed by atoms with Gasteiger partial charge in [-0.2, -0.15) is 0 Å². The third-order valence-electron chi connectivity index (χ3n) is 2.67. The van der Waals surface area contributed by atoms with Crippen LogP contribution in [0.4, 0.5) is 15.8 Å². The van der Waals surface area contributed by atoms with Crippen LogP contribution in [-0.2, 0) is 6.54 Å². The molecule has 98 valence electrons. The van der Waals surface area contributed by atoms with Crippen LogP contribution in [0.1, 0.15) is 15.9 Å². The van der Waals surface area contributed by atoms with E-state index in [1.807, 2.05) is 0 Å². The molecule has 0 aliphatic rings. The molecule has 0 aromatic heterocycles. The van der Waals surface area contributed by atoms with Gasteiger partial charge in [-0.1, -0.05) is 12.1 Å². The fourth-order valence-corrected chi connectivity index (χ4v) is 1.70. The topological polar surface area (TPSA) is 75.3 Å². The molecule has 0 atom stereocenters. The number of nitrogens with one attached hydrogen (secondary N) is 1. The van der Waals surface area contributed by atoms with E-state index in [-0.39, 0.29) is 17.1 Å². The van der Waals surface area contributed by atoms with E-state index in [1.165, 1.54) is 24.3 Å². The summed E-state index contributed by atoms with van der Waals surface area (Å²) >= 11 is 0. The summed E-state index contributed by atoms with van der Waals surface area (Å²) in [5.41, 5.74) is 7.21. The highest BCUT2D eigenvalue weighted by atomic mass is 19.1. The Morgan fingerprint density at radius 3 is 2.74 bits per heavy atom. The van der Waals surface area contributed by atoms with Crippen LogP contribution in [0, 0.1) is 5.82 Å². The molecule has 4 N–H and O–H groups in total. The van der Waals surface area contributed by atoms with Crippen LogP contribution >= 0.6 is 0 Å². The lowest BCUT2D eigenvalue weighted by molar-refractivity contribution is 0.0698. The van der Waals surface area contributed by atoms with Gasteiger partial charge in [0.1, 0.15) is 5.82 Å². The van der Waals surface area contributed by atoms with Crippen molar-refractivity contribution in [3.8, 4) is 0 Å². The second-order valence-electron chi connectivity index (χ2n) is 4.09. The van der Waals surface area contributed by atoms with Crippen molar-refractivity contribution < 1.29 is 14.3 Å². The van der Waals surface area contributed by atoms with E-state index in [4.69, 9.17) is 10.8 Å². The Morgan fingerprint density at radius 1 is 1.26 bits per heavy atom. The maximum Gasteiger partial charge on any atom is 0.337 e. The highest BCUT2D eigenvalue weighted by molar-refractivity contribution is 5.94. The Balaban J connectivity index is 2.12. The van der Waals surface area contributed by atoms with Crippen molar-refractivity contribution in [3.05, 3.63) is 59.4 Å². The normalized spacial score (nSPS) is 10.2. The van der Waals surface area contributed by atoms with Gasteiger partial charge in [0.2, 0.25) is 0 Å². The van der Waals surface area contributed by atoms with Gasteiger partial charge in [-0.05, 0) is 35.9 Å². The second-order valence-corrected chi connectivity index (χ2v) is 4.09. The van der Waals surface area contributed by atoms with Crippen molar-refractivity contribution in [1.82, 2.24) is 0 Å². The first-order chi connectivity index (χ1) is 9.06. The van der Waals surface area contributed by atoms with Crippen molar-refractivity contribution in [1.29, 1.82) is 0 Å². The zero-order valence-corrected chi connectivity index (χ0v) is 10.1. The van der Waals surface area contributed by atoms with Gasteiger partial charge in [0.25, 0.3) is 0 Å². The molecule has 0 bridgehead atoms. The van der Waals surface area contributed by atoms with Gasteiger partial charge in [-0.15, -0.1) is 0 Å². The summed E-state index contributed by atoms with van der Waals surface area (Å²) in [6.45, 7) is 0.404. The van der Waals surface area contributed by atoms with E-state index in [0.29, 0.717) is 12.2 Å². The maximum atomic E-state index is 13.0. The van der Waals surface area contributed by atoms with Gasteiger partial charge in [-0.3, -0.25) is 0 Å². The van der Waals surface area contributed by atoms with Crippen LogP contribution in [0.5, 0.6) is 0 Å². The van der Waals surface area contributed by atoms with Crippen LogP contribution in [0.2, 0.25) is 0 Å². The van der Waals surface area contributed by atoms with Gasteiger partial charge in [0, 0.05) is 17.9 Å². The minimum Gasteiger partial charge on any atom is -0.478 e. The molecule has 0 spiro atoms. The lowest BCUT2D eigenvalue weighted by Gasteiger charge is -2.09. The smallest absolute Gasteiger partial charge is 0.337 e. The summed E-state index contributed by atoms with van der Waals surface area (Å²) in [6.07, 6.45) is 0. The molecule has 0 amide bonds. The summed E-state index contributed by atoms with van der Waals surface area (Å²) in [6, 6.07) is 10.9. The predicted molar refractivity (Wildman–Crippen MR) is 71.5 cm³/mol. The average Bonchev–Trinajstić information content (AvgIpc) is 2.37. The third kappa shape index (κ3) is 3.22. The Kier molecular flexibility index (Phi) is 3.66. The molecule has 4 nitrogen and oxygen atoms in total. The molecule has 0 saturated heterocycles. The Bertz CT molecular complexity index is 614. The number of nitrogens with two attached hydrogens (primary N) is 1. The van der Waals surface area contributed by atoms with Crippen molar-refractivity contribution >= 4 is 17.3 Å². The lowest BCUT2D eigenvalue weighted by Crippen LogP contribution is -2.05. The zero-order valence-electron chi connectivity index (χ0n) is 10.1. The fraction of sp³-hybridized carbons (Fsp3) is 0.0714. The number of benzene rings is 2. The standard InChI is InChI=1S/C14H13FN2O2/c15-10-3-1-2-9(6-10)8-17-11-4-5-13(16)12(7-11)14(18)19/h1-7,17H,8,16H2,(H,18,19). The maximum absolute atomic E-state index is 13.0. The number of halogens is 1. The van der Waals surface area contributed by atoms with Crippen LogP contribution in [0.15, 0.2) is 42.5 Å². The van der Waals surface area contributed by atoms with E-state index in [2.05, 4.69) is 5.32 Å². The number of aromatic carboxylic acids is 1. The zero-order chi connectivity index (χ0) is 13.8. The fourth-order valence-electron chi connectivity index (χ4n) is 1.70. The first-order valence-electron chi connectivity index (χ1n) is 5.67. The Labute approximate surface area is 109 Å². The predicted octanol–water partition coefficient (Wildman–Crippen LogP) is 2.72. The molecular weight excluding hydrogens is 247 g/mol. The van der Waals surface area contributed by atoms with E-state index in [0.717, 1.165) is 5.56 Å². The molecule has 0 aliphatic carbocycles. The van der Waals surface area contributed by atoms with Crippen LogP contribution in [0.3, 0.4) is 0 Å². The van der Waals surface area contributed by atoms with Gasteiger partial charge >= 0.3 is 5.97 Å². The molecule has 2 aromatic carbocycles. The number of carbonyl (C=O) groups is 1. The molecule has 19 heavy (non-hydrogen) atoms. The van der Waals surface area contributed by atoms with Gasteiger partial charge < -0.3 is 16.2 Å². The molecule has 0 saturated carbocycles. The molecule has 2 aromatic rings. The summed E-state index contributed by atoms with van der Waals surface area (Å²) in [5, 5.41) is 12.0. The van der Waals surface area contributed by atoms with Crippen molar-refractivity contribution in [2.24, 2.45) is 0 Å². The third-order valence-corrected chi connectivity index (χ3v) is 2.67. The number of hydrogen-bond donors (Lipinski definition) is 3. The molecule has 0 aliphatic heterocycles. The van der Waals surface area contributed by atoms with Gasteiger partial charge in [-0.25, -0.2) is 9.18 Å². The van der Waals surface area contributed by atoms with Crippen LogP contribution in [0.25, 0.3) is 0 Å².